The smallest absolute Gasteiger partial charge is 0.251 e. The second-order valence-electron chi connectivity index (χ2n) is 7.84. The van der Waals surface area contributed by atoms with Crippen LogP contribution in [0.2, 0.25) is 0 Å². The van der Waals surface area contributed by atoms with Crippen molar-refractivity contribution in [1.82, 2.24) is 15.5 Å². The summed E-state index contributed by atoms with van der Waals surface area (Å²) < 4.78 is 5.09. The van der Waals surface area contributed by atoms with Crippen LogP contribution >= 0.6 is 0 Å². The van der Waals surface area contributed by atoms with Gasteiger partial charge in [0.25, 0.3) is 5.91 Å². The Labute approximate surface area is 189 Å². The molecule has 1 aliphatic heterocycles. The van der Waals surface area contributed by atoms with Gasteiger partial charge in [-0.2, -0.15) is 0 Å². The van der Waals surface area contributed by atoms with Crippen molar-refractivity contribution in [2.45, 2.75) is 38.1 Å². The van der Waals surface area contributed by atoms with Crippen LogP contribution in [0.4, 0.5) is 0 Å². The maximum atomic E-state index is 13.2. The fraction of sp³-hybridized carbons (Fsp3) is 0.400. The highest BCUT2D eigenvalue weighted by Crippen LogP contribution is 2.27. The van der Waals surface area contributed by atoms with Gasteiger partial charge < -0.3 is 20.3 Å². The van der Waals surface area contributed by atoms with E-state index in [0.717, 1.165) is 12.0 Å². The zero-order chi connectivity index (χ0) is 22.9. The van der Waals surface area contributed by atoms with E-state index in [-0.39, 0.29) is 23.6 Å². The molecule has 2 aromatic carbocycles. The number of carbonyl (C=O) groups excluding carboxylic acids is 3. The van der Waals surface area contributed by atoms with Crippen LogP contribution in [0.25, 0.3) is 0 Å². The topological polar surface area (TPSA) is 87.7 Å². The van der Waals surface area contributed by atoms with E-state index in [4.69, 9.17) is 4.74 Å². The molecule has 0 radical (unpaired) electrons. The summed E-state index contributed by atoms with van der Waals surface area (Å²) in [5, 5.41) is 5.65. The highest BCUT2D eigenvalue weighted by atomic mass is 16.5. The molecule has 0 spiro atoms. The van der Waals surface area contributed by atoms with E-state index in [9.17, 15) is 14.4 Å². The highest BCUT2D eigenvalue weighted by Gasteiger charge is 2.36. The second-order valence-corrected chi connectivity index (χ2v) is 7.84. The molecule has 7 heteroatoms. The lowest BCUT2D eigenvalue weighted by molar-refractivity contribution is -0.139. The summed E-state index contributed by atoms with van der Waals surface area (Å²) in [6.07, 6.45) is 2.15. The van der Waals surface area contributed by atoms with Crippen LogP contribution in [0.15, 0.2) is 54.6 Å². The fourth-order valence-electron chi connectivity index (χ4n) is 4.07. The summed E-state index contributed by atoms with van der Waals surface area (Å²) in [6, 6.07) is 16.1. The second kappa shape index (κ2) is 11.3. The van der Waals surface area contributed by atoms with Gasteiger partial charge in [0.1, 0.15) is 11.8 Å². The molecule has 1 heterocycles. The van der Waals surface area contributed by atoms with Gasteiger partial charge in [0, 0.05) is 25.2 Å². The summed E-state index contributed by atoms with van der Waals surface area (Å²) in [5.74, 6) is 0.0604. The van der Waals surface area contributed by atoms with Crippen molar-refractivity contribution in [2.24, 2.45) is 0 Å². The summed E-state index contributed by atoms with van der Waals surface area (Å²) in [7, 11) is 1.57. The molecule has 0 aliphatic carbocycles. The largest absolute Gasteiger partial charge is 0.497 e. The van der Waals surface area contributed by atoms with Gasteiger partial charge in [-0.1, -0.05) is 37.3 Å². The predicted octanol–water partition coefficient (Wildman–Crippen LogP) is 2.73. The monoisotopic (exact) mass is 437 g/mol. The molecule has 0 bridgehead atoms. The van der Waals surface area contributed by atoms with E-state index in [0.29, 0.717) is 43.8 Å². The molecule has 7 nitrogen and oxygen atoms in total. The standard InChI is InChI=1S/C25H31N3O4/c1-3-21(18-8-5-4-6-9-18)25(31)28-17-7-10-22(28)24(30)27-16-15-26-23(29)19-11-13-20(32-2)14-12-19/h4-6,8-9,11-14,21-22H,3,7,10,15-17H2,1-2H3,(H,26,29)(H,27,30)/t21?,22-/m0/s1. The Morgan fingerprint density at radius 3 is 2.38 bits per heavy atom. The zero-order valence-corrected chi connectivity index (χ0v) is 18.7. The van der Waals surface area contributed by atoms with Crippen molar-refractivity contribution in [1.29, 1.82) is 0 Å². The van der Waals surface area contributed by atoms with Crippen molar-refractivity contribution in [3.05, 3.63) is 65.7 Å². The number of methoxy groups -OCH3 is 1. The Hall–Kier alpha value is -3.35. The van der Waals surface area contributed by atoms with E-state index in [1.807, 2.05) is 37.3 Å². The molecular weight excluding hydrogens is 406 g/mol. The van der Waals surface area contributed by atoms with Gasteiger partial charge in [-0.25, -0.2) is 0 Å². The molecule has 1 unspecified atom stereocenters. The third-order valence-electron chi connectivity index (χ3n) is 5.81. The molecular formula is C25H31N3O4. The molecule has 0 saturated carbocycles. The zero-order valence-electron chi connectivity index (χ0n) is 18.7. The third-order valence-corrected chi connectivity index (χ3v) is 5.81. The van der Waals surface area contributed by atoms with Crippen LogP contribution in [0, 0.1) is 0 Å². The number of nitrogens with one attached hydrogen (secondary N) is 2. The first-order chi connectivity index (χ1) is 15.5. The Morgan fingerprint density at radius 2 is 1.72 bits per heavy atom. The molecule has 3 rings (SSSR count). The number of hydrogen-bond donors (Lipinski definition) is 2. The van der Waals surface area contributed by atoms with Crippen molar-refractivity contribution < 1.29 is 19.1 Å². The van der Waals surface area contributed by atoms with Crippen LogP contribution in [-0.4, -0.2) is 55.4 Å². The van der Waals surface area contributed by atoms with Crippen LogP contribution in [-0.2, 0) is 9.59 Å². The van der Waals surface area contributed by atoms with E-state index >= 15 is 0 Å². The molecule has 3 amide bonds. The van der Waals surface area contributed by atoms with E-state index in [1.165, 1.54) is 0 Å². The average molecular weight is 438 g/mol. The minimum absolute atomic E-state index is 0.00385. The van der Waals surface area contributed by atoms with Gasteiger partial charge in [-0.15, -0.1) is 0 Å². The highest BCUT2D eigenvalue weighted by molar-refractivity contribution is 5.94. The molecule has 1 aliphatic rings. The van der Waals surface area contributed by atoms with Gasteiger partial charge in [-0.05, 0) is 49.1 Å². The van der Waals surface area contributed by atoms with Gasteiger partial charge >= 0.3 is 0 Å². The first-order valence-electron chi connectivity index (χ1n) is 11.1. The molecule has 2 N–H and O–H groups in total. The molecule has 1 fully saturated rings. The lowest BCUT2D eigenvalue weighted by Crippen LogP contribution is -2.48. The summed E-state index contributed by atoms with van der Waals surface area (Å²) in [4.78, 5) is 39.9. The summed E-state index contributed by atoms with van der Waals surface area (Å²) in [5.41, 5.74) is 1.50. The molecule has 1 saturated heterocycles. The lowest BCUT2D eigenvalue weighted by atomic mass is 9.94. The van der Waals surface area contributed by atoms with Gasteiger partial charge in [0.2, 0.25) is 11.8 Å². The Bertz CT molecular complexity index is 915. The number of hydrogen-bond acceptors (Lipinski definition) is 4. The van der Waals surface area contributed by atoms with Gasteiger partial charge in [-0.3, -0.25) is 14.4 Å². The fourth-order valence-corrected chi connectivity index (χ4v) is 4.07. The molecule has 170 valence electrons. The average Bonchev–Trinajstić information content (AvgIpc) is 3.33. The molecule has 2 aromatic rings. The van der Waals surface area contributed by atoms with E-state index < -0.39 is 6.04 Å². The number of rotatable bonds is 9. The number of likely N-dealkylation sites (tertiary alicyclic amines) is 1. The summed E-state index contributed by atoms with van der Waals surface area (Å²) in [6.45, 7) is 3.19. The number of benzene rings is 2. The Balaban J connectivity index is 1.49. The third kappa shape index (κ3) is 5.66. The van der Waals surface area contributed by atoms with Crippen LogP contribution in [0.1, 0.15) is 48.0 Å². The van der Waals surface area contributed by atoms with Crippen molar-refractivity contribution in [3.8, 4) is 5.75 Å². The van der Waals surface area contributed by atoms with Crippen LogP contribution in [0.5, 0.6) is 5.75 Å². The minimum atomic E-state index is -0.461. The minimum Gasteiger partial charge on any atom is -0.497 e. The maximum Gasteiger partial charge on any atom is 0.251 e. The maximum absolute atomic E-state index is 13.2. The first kappa shape index (κ1) is 23.3. The number of amides is 3. The van der Waals surface area contributed by atoms with Crippen LogP contribution < -0.4 is 15.4 Å². The predicted molar refractivity (Wildman–Crippen MR) is 123 cm³/mol. The van der Waals surface area contributed by atoms with E-state index in [1.54, 1.807) is 36.3 Å². The molecule has 2 atom stereocenters. The number of ether oxygens (including phenoxy) is 1. The SMILES string of the molecule is CCC(C(=O)N1CCC[C@H]1C(=O)NCCNC(=O)c1ccc(OC)cc1)c1ccccc1. The number of nitrogens with zero attached hydrogens (tertiary/aromatic N) is 1. The van der Waals surface area contributed by atoms with Crippen molar-refractivity contribution >= 4 is 17.7 Å². The molecule has 32 heavy (non-hydrogen) atoms. The lowest BCUT2D eigenvalue weighted by Gasteiger charge is -2.28. The quantitative estimate of drug-likeness (QED) is 0.591. The van der Waals surface area contributed by atoms with Crippen molar-refractivity contribution in [3.63, 3.8) is 0 Å². The van der Waals surface area contributed by atoms with E-state index in [2.05, 4.69) is 10.6 Å². The Morgan fingerprint density at radius 1 is 1.03 bits per heavy atom. The van der Waals surface area contributed by atoms with Gasteiger partial charge in [0.05, 0.1) is 13.0 Å². The Kier molecular flexibility index (Phi) is 8.25. The van der Waals surface area contributed by atoms with Crippen LogP contribution in [0.3, 0.4) is 0 Å². The van der Waals surface area contributed by atoms with Crippen molar-refractivity contribution in [2.75, 3.05) is 26.7 Å². The first-order valence-corrected chi connectivity index (χ1v) is 11.1. The number of carbonyl (C=O) groups is 3. The van der Waals surface area contributed by atoms with Gasteiger partial charge in [0.15, 0.2) is 0 Å². The normalized spacial score (nSPS) is 16.3. The summed E-state index contributed by atoms with van der Waals surface area (Å²) >= 11 is 0. The molecule has 0 aromatic heterocycles.